The molecule has 0 bridgehead atoms. The van der Waals surface area contributed by atoms with Crippen LogP contribution in [0, 0.1) is 0 Å². The van der Waals surface area contributed by atoms with Gasteiger partial charge in [-0.15, -0.1) is 22.9 Å². The van der Waals surface area contributed by atoms with Gasteiger partial charge >= 0.3 is 6.03 Å². The van der Waals surface area contributed by atoms with Crippen molar-refractivity contribution in [3.05, 3.63) is 11.1 Å². The number of hydrogen-bond donors (Lipinski definition) is 2. The van der Waals surface area contributed by atoms with E-state index in [0.717, 1.165) is 5.69 Å². The molecule has 5 nitrogen and oxygen atoms in total. The summed E-state index contributed by atoms with van der Waals surface area (Å²) in [5.41, 5.74) is 1.03. The number of nitrogens with one attached hydrogen (secondary N) is 2. The number of hydrogen-bond acceptors (Lipinski definition) is 4. The highest BCUT2D eigenvalue weighted by atomic mass is 35.5. The van der Waals surface area contributed by atoms with Crippen LogP contribution in [0.5, 0.6) is 0 Å². The lowest BCUT2D eigenvalue weighted by Gasteiger charge is -2.02. The predicted octanol–water partition coefficient (Wildman–Crippen LogP) is 2.30. The Morgan fingerprint density at radius 3 is 2.94 bits per heavy atom. The first-order valence-electron chi connectivity index (χ1n) is 5.31. The minimum absolute atomic E-state index is 0.125. The van der Waals surface area contributed by atoms with E-state index in [9.17, 15) is 9.59 Å². The predicted molar refractivity (Wildman–Crippen MR) is 66.6 cm³/mol. The van der Waals surface area contributed by atoms with Gasteiger partial charge in [-0.3, -0.25) is 15.4 Å². The van der Waals surface area contributed by atoms with Crippen LogP contribution in [0.2, 0.25) is 0 Å². The molecule has 2 rings (SSSR count). The Hall–Kier alpha value is -1.14. The highest BCUT2D eigenvalue weighted by molar-refractivity contribution is 7.13. The van der Waals surface area contributed by atoms with Gasteiger partial charge in [0.25, 0.3) is 0 Å². The fraction of sp³-hybridized carbons (Fsp3) is 0.500. The van der Waals surface area contributed by atoms with Crippen LogP contribution in [-0.4, -0.2) is 22.8 Å². The number of urea groups is 1. The number of thiazole rings is 1. The Morgan fingerprint density at radius 2 is 2.29 bits per heavy atom. The van der Waals surface area contributed by atoms with Crippen molar-refractivity contribution in [1.29, 1.82) is 0 Å². The van der Waals surface area contributed by atoms with Gasteiger partial charge in [0.2, 0.25) is 5.91 Å². The SMILES string of the molecule is O=C(CCCl)NC(=O)Nc1nc(C2CC2)cs1. The van der Waals surface area contributed by atoms with Crippen LogP contribution in [0.4, 0.5) is 9.93 Å². The van der Waals surface area contributed by atoms with E-state index in [1.165, 1.54) is 24.2 Å². The van der Waals surface area contributed by atoms with Crippen molar-refractivity contribution in [1.82, 2.24) is 10.3 Å². The van der Waals surface area contributed by atoms with Gasteiger partial charge in [-0.1, -0.05) is 0 Å². The third-order valence-corrected chi connectivity index (χ3v) is 3.28. The van der Waals surface area contributed by atoms with Gasteiger partial charge in [-0.2, -0.15) is 0 Å². The molecule has 0 spiro atoms. The minimum Gasteiger partial charge on any atom is -0.283 e. The molecule has 3 amide bonds. The van der Waals surface area contributed by atoms with Crippen LogP contribution in [0.15, 0.2) is 5.38 Å². The number of anilines is 1. The quantitative estimate of drug-likeness (QED) is 0.827. The molecule has 7 heteroatoms. The van der Waals surface area contributed by atoms with E-state index < -0.39 is 11.9 Å². The van der Waals surface area contributed by atoms with Crippen molar-refractivity contribution in [3.8, 4) is 0 Å². The average Bonchev–Trinajstić information content (AvgIpc) is 3.01. The van der Waals surface area contributed by atoms with E-state index in [2.05, 4.69) is 15.6 Å². The largest absolute Gasteiger partial charge is 0.327 e. The summed E-state index contributed by atoms with van der Waals surface area (Å²) in [4.78, 5) is 26.7. The van der Waals surface area contributed by atoms with Crippen molar-refractivity contribution >= 4 is 40.0 Å². The van der Waals surface area contributed by atoms with E-state index in [0.29, 0.717) is 11.0 Å². The maximum Gasteiger partial charge on any atom is 0.327 e. The third-order valence-electron chi connectivity index (χ3n) is 2.31. The molecule has 1 aromatic rings. The zero-order valence-electron chi connectivity index (χ0n) is 9.03. The van der Waals surface area contributed by atoms with E-state index in [-0.39, 0.29) is 12.3 Å². The summed E-state index contributed by atoms with van der Waals surface area (Å²) < 4.78 is 0. The van der Waals surface area contributed by atoms with Crippen LogP contribution in [0.25, 0.3) is 0 Å². The summed E-state index contributed by atoms with van der Waals surface area (Å²) in [6.07, 6.45) is 2.47. The maximum absolute atomic E-state index is 11.4. The number of imide groups is 1. The molecule has 17 heavy (non-hydrogen) atoms. The van der Waals surface area contributed by atoms with Gasteiger partial charge in [-0.05, 0) is 12.8 Å². The Morgan fingerprint density at radius 1 is 1.53 bits per heavy atom. The second kappa shape index (κ2) is 5.46. The number of halogens is 1. The Labute approximate surface area is 108 Å². The summed E-state index contributed by atoms with van der Waals surface area (Å²) in [6.45, 7) is 0. The van der Waals surface area contributed by atoms with Gasteiger partial charge in [0.15, 0.2) is 5.13 Å². The fourth-order valence-corrected chi connectivity index (χ4v) is 2.27. The first-order chi connectivity index (χ1) is 8.19. The van der Waals surface area contributed by atoms with Crippen molar-refractivity contribution in [3.63, 3.8) is 0 Å². The molecular weight excluding hydrogens is 262 g/mol. The van der Waals surface area contributed by atoms with Gasteiger partial charge in [-0.25, -0.2) is 9.78 Å². The molecule has 1 aliphatic rings. The van der Waals surface area contributed by atoms with Gasteiger partial charge in [0.1, 0.15) is 0 Å². The summed E-state index contributed by atoms with van der Waals surface area (Å²) in [7, 11) is 0. The summed E-state index contributed by atoms with van der Waals surface area (Å²) in [5, 5.41) is 7.16. The molecule has 2 N–H and O–H groups in total. The zero-order valence-corrected chi connectivity index (χ0v) is 10.6. The zero-order chi connectivity index (χ0) is 12.3. The molecule has 0 aliphatic heterocycles. The van der Waals surface area contributed by atoms with Crippen LogP contribution in [0.1, 0.15) is 30.9 Å². The van der Waals surface area contributed by atoms with Crippen molar-refractivity contribution < 1.29 is 9.59 Å². The average molecular weight is 274 g/mol. The molecule has 1 aromatic heterocycles. The summed E-state index contributed by atoms with van der Waals surface area (Å²) >= 11 is 6.75. The number of nitrogens with zero attached hydrogens (tertiary/aromatic N) is 1. The Kier molecular flexibility index (Phi) is 3.96. The second-order valence-electron chi connectivity index (χ2n) is 3.79. The normalized spacial score (nSPS) is 14.4. The first-order valence-corrected chi connectivity index (χ1v) is 6.72. The van der Waals surface area contributed by atoms with Crippen LogP contribution in [0.3, 0.4) is 0 Å². The number of aromatic nitrogens is 1. The van der Waals surface area contributed by atoms with E-state index >= 15 is 0 Å². The number of carbonyl (C=O) groups excluding carboxylic acids is 2. The van der Waals surface area contributed by atoms with E-state index in [1.54, 1.807) is 0 Å². The highest BCUT2D eigenvalue weighted by Gasteiger charge is 2.26. The molecule has 1 aliphatic carbocycles. The molecule has 1 heterocycles. The third kappa shape index (κ3) is 3.67. The molecule has 1 fully saturated rings. The lowest BCUT2D eigenvalue weighted by atomic mass is 10.3. The van der Waals surface area contributed by atoms with Crippen molar-refractivity contribution in [2.24, 2.45) is 0 Å². The van der Waals surface area contributed by atoms with Gasteiger partial charge in [0.05, 0.1) is 5.69 Å². The van der Waals surface area contributed by atoms with Crippen molar-refractivity contribution in [2.75, 3.05) is 11.2 Å². The monoisotopic (exact) mass is 273 g/mol. The number of carbonyl (C=O) groups is 2. The van der Waals surface area contributed by atoms with Crippen LogP contribution in [-0.2, 0) is 4.79 Å². The molecule has 1 saturated carbocycles. The summed E-state index contributed by atoms with van der Waals surface area (Å²) in [5.74, 6) is 0.363. The smallest absolute Gasteiger partial charge is 0.283 e. The Balaban J connectivity index is 1.82. The maximum atomic E-state index is 11.4. The van der Waals surface area contributed by atoms with E-state index in [1.807, 2.05) is 5.38 Å². The van der Waals surface area contributed by atoms with E-state index in [4.69, 9.17) is 11.6 Å². The molecule has 0 unspecified atom stereocenters. The standard InChI is InChI=1S/C10H12ClN3O2S/c11-4-3-8(15)13-9(16)14-10-12-7(5-17-10)6-1-2-6/h5-6H,1-4H2,(H2,12,13,14,15,16). The minimum atomic E-state index is -0.559. The molecule has 0 radical (unpaired) electrons. The van der Waals surface area contributed by atoms with Gasteiger partial charge in [0, 0.05) is 23.6 Å². The molecular formula is C10H12ClN3O2S. The lowest BCUT2D eigenvalue weighted by Crippen LogP contribution is -2.34. The Bertz CT molecular complexity index is 431. The van der Waals surface area contributed by atoms with Crippen LogP contribution >= 0.6 is 22.9 Å². The topological polar surface area (TPSA) is 71.1 Å². The van der Waals surface area contributed by atoms with Crippen LogP contribution < -0.4 is 10.6 Å². The number of rotatable bonds is 4. The molecule has 0 atom stereocenters. The summed E-state index contributed by atoms with van der Waals surface area (Å²) in [6, 6.07) is -0.559. The highest BCUT2D eigenvalue weighted by Crippen LogP contribution is 2.40. The number of alkyl halides is 1. The van der Waals surface area contributed by atoms with Crippen molar-refractivity contribution in [2.45, 2.75) is 25.2 Å². The number of amides is 3. The fourth-order valence-electron chi connectivity index (χ4n) is 1.31. The molecule has 92 valence electrons. The first kappa shape index (κ1) is 12.3. The second-order valence-corrected chi connectivity index (χ2v) is 5.03. The lowest BCUT2D eigenvalue weighted by molar-refractivity contribution is -0.119. The molecule has 0 aromatic carbocycles. The van der Waals surface area contributed by atoms with Gasteiger partial charge < -0.3 is 0 Å². The molecule has 0 saturated heterocycles.